The van der Waals surface area contributed by atoms with Crippen LogP contribution in [0.15, 0.2) is 24.4 Å². The summed E-state index contributed by atoms with van der Waals surface area (Å²) in [6.07, 6.45) is 4.89. The van der Waals surface area contributed by atoms with E-state index >= 15 is 0 Å². The molecule has 0 aromatic carbocycles. The highest BCUT2D eigenvalue weighted by atomic mass is 32.1. The largest absolute Gasteiger partial charge is 0.394 e. The summed E-state index contributed by atoms with van der Waals surface area (Å²) in [7, 11) is 0. The molecule has 166 valence electrons. The van der Waals surface area contributed by atoms with E-state index in [1.54, 1.807) is 6.20 Å². The van der Waals surface area contributed by atoms with Crippen molar-refractivity contribution < 1.29 is 10.2 Å². The fraction of sp³-hybridized carbons (Fsp3) is 0.524. The van der Waals surface area contributed by atoms with Crippen molar-refractivity contribution in [2.45, 2.75) is 63.8 Å². The molecule has 3 aromatic heterocycles. The molecule has 5 N–H and O–H groups in total. The SMILES string of the molecule is CC(C)(CO)NCc1cc(Nc2nc3cccnc3s2)nc(NC2CCC(O)CC2)n1. The van der Waals surface area contributed by atoms with Crippen molar-refractivity contribution in [2.24, 2.45) is 0 Å². The number of aliphatic hydroxyl groups excluding tert-OH is 2. The highest BCUT2D eigenvalue weighted by molar-refractivity contribution is 7.21. The number of thiazole rings is 1. The van der Waals surface area contributed by atoms with E-state index in [2.05, 4.69) is 35.9 Å². The zero-order valence-corrected chi connectivity index (χ0v) is 18.6. The molecule has 1 aliphatic rings. The Morgan fingerprint density at radius 2 is 1.97 bits per heavy atom. The average Bonchev–Trinajstić information content (AvgIpc) is 3.16. The summed E-state index contributed by atoms with van der Waals surface area (Å²) < 4.78 is 0. The predicted molar refractivity (Wildman–Crippen MR) is 123 cm³/mol. The third kappa shape index (κ3) is 5.85. The molecule has 0 amide bonds. The molecule has 0 unspecified atom stereocenters. The summed E-state index contributed by atoms with van der Waals surface area (Å²) in [4.78, 5) is 19.1. The van der Waals surface area contributed by atoms with Gasteiger partial charge in [0.25, 0.3) is 0 Å². The second-order valence-electron chi connectivity index (χ2n) is 8.59. The minimum absolute atomic E-state index is 0.0252. The van der Waals surface area contributed by atoms with Crippen molar-refractivity contribution in [1.82, 2.24) is 25.3 Å². The molecule has 31 heavy (non-hydrogen) atoms. The first-order valence-electron chi connectivity index (χ1n) is 10.6. The Kier molecular flexibility index (Phi) is 6.61. The maximum atomic E-state index is 9.77. The standard InChI is InChI=1S/C21H29N7O2S/c1-21(2,12-29)23-11-14-10-17(28-20-26-16-4-3-9-22-18(16)31-20)27-19(25-14)24-13-5-7-15(30)8-6-13/h3-4,9-10,13,15,23,29-30H,5-8,11-12H2,1-2H3,(H2,24,25,26,27,28). The van der Waals surface area contributed by atoms with Gasteiger partial charge < -0.3 is 26.2 Å². The van der Waals surface area contributed by atoms with Gasteiger partial charge in [0.05, 0.1) is 18.4 Å². The van der Waals surface area contributed by atoms with Crippen LogP contribution in [-0.4, -0.2) is 54.4 Å². The van der Waals surface area contributed by atoms with Gasteiger partial charge in [-0.15, -0.1) is 0 Å². The molecule has 1 aliphatic carbocycles. The lowest BCUT2D eigenvalue weighted by Crippen LogP contribution is -2.42. The molecule has 0 radical (unpaired) electrons. The molecule has 1 fully saturated rings. The highest BCUT2D eigenvalue weighted by Gasteiger charge is 2.21. The Morgan fingerprint density at radius 1 is 1.16 bits per heavy atom. The Balaban J connectivity index is 1.55. The van der Waals surface area contributed by atoms with E-state index in [4.69, 9.17) is 0 Å². The van der Waals surface area contributed by atoms with Crippen LogP contribution >= 0.6 is 11.3 Å². The lowest BCUT2D eigenvalue weighted by Gasteiger charge is -2.26. The molecular weight excluding hydrogens is 414 g/mol. The van der Waals surface area contributed by atoms with Crippen molar-refractivity contribution in [3.05, 3.63) is 30.1 Å². The Morgan fingerprint density at radius 3 is 2.71 bits per heavy atom. The summed E-state index contributed by atoms with van der Waals surface area (Å²) in [5.41, 5.74) is 1.23. The smallest absolute Gasteiger partial charge is 0.225 e. The van der Waals surface area contributed by atoms with Crippen molar-refractivity contribution in [1.29, 1.82) is 0 Å². The number of hydrogen-bond donors (Lipinski definition) is 5. The summed E-state index contributed by atoms with van der Waals surface area (Å²) in [5.74, 6) is 1.19. The molecule has 9 nitrogen and oxygen atoms in total. The van der Waals surface area contributed by atoms with Crippen LogP contribution in [-0.2, 0) is 6.54 Å². The first-order valence-corrected chi connectivity index (χ1v) is 11.4. The van der Waals surface area contributed by atoms with Crippen LogP contribution in [0.3, 0.4) is 0 Å². The number of rotatable bonds is 8. The second-order valence-corrected chi connectivity index (χ2v) is 9.56. The summed E-state index contributed by atoms with van der Waals surface area (Å²) in [5, 5.41) is 30.0. The van der Waals surface area contributed by atoms with Gasteiger partial charge in [0.1, 0.15) is 16.2 Å². The second kappa shape index (κ2) is 9.39. The highest BCUT2D eigenvalue weighted by Crippen LogP contribution is 2.27. The first kappa shape index (κ1) is 21.8. The van der Waals surface area contributed by atoms with Gasteiger partial charge in [-0.3, -0.25) is 0 Å². The zero-order valence-electron chi connectivity index (χ0n) is 17.8. The van der Waals surface area contributed by atoms with Gasteiger partial charge in [0.2, 0.25) is 5.95 Å². The van der Waals surface area contributed by atoms with Crippen LogP contribution in [0.1, 0.15) is 45.2 Å². The number of nitrogens with one attached hydrogen (secondary N) is 3. The Bertz CT molecular complexity index is 985. The summed E-state index contributed by atoms with van der Waals surface area (Å²) in [6, 6.07) is 5.92. The summed E-state index contributed by atoms with van der Waals surface area (Å²) >= 11 is 1.47. The van der Waals surface area contributed by atoms with Gasteiger partial charge in [0, 0.05) is 30.4 Å². The molecule has 0 bridgehead atoms. The van der Waals surface area contributed by atoms with Crippen LogP contribution in [0, 0.1) is 0 Å². The number of hydrogen-bond acceptors (Lipinski definition) is 10. The van der Waals surface area contributed by atoms with E-state index < -0.39 is 5.54 Å². The molecule has 1 saturated carbocycles. The lowest BCUT2D eigenvalue weighted by atomic mass is 9.93. The average molecular weight is 444 g/mol. The molecular formula is C21H29N7O2S. The Labute approximate surface area is 185 Å². The monoisotopic (exact) mass is 443 g/mol. The van der Waals surface area contributed by atoms with Crippen LogP contribution < -0.4 is 16.0 Å². The van der Waals surface area contributed by atoms with Gasteiger partial charge >= 0.3 is 0 Å². The molecule has 3 heterocycles. The molecule has 0 saturated heterocycles. The van der Waals surface area contributed by atoms with Crippen molar-refractivity contribution in [3.8, 4) is 0 Å². The van der Waals surface area contributed by atoms with E-state index in [1.165, 1.54) is 11.3 Å². The number of aromatic nitrogens is 4. The molecule has 3 aromatic rings. The topological polar surface area (TPSA) is 128 Å². The maximum Gasteiger partial charge on any atom is 0.225 e. The van der Waals surface area contributed by atoms with Gasteiger partial charge in [-0.1, -0.05) is 11.3 Å². The first-order chi connectivity index (χ1) is 14.9. The van der Waals surface area contributed by atoms with Crippen molar-refractivity contribution in [3.63, 3.8) is 0 Å². The number of nitrogens with zero attached hydrogens (tertiary/aromatic N) is 4. The fourth-order valence-electron chi connectivity index (χ4n) is 3.44. The summed E-state index contributed by atoms with van der Waals surface area (Å²) in [6.45, 7) is 4.39. The number of pyridine rings is 1. The minimum atomic E-state index is -0.412. The van der Waals surface area contributed by atoms with E-state index in [-0.39, 0.29) is 18.8 Å². The normalized spacial score (nSPS) is 19.5. The van der Waals surface area contributed by atoms with Gasteiger partial charge in [-0.25, -0.2) is 15.0 Å². The van der Waals surface area contributed by atoms with Crippen molar-refractivity contribution >= 4 is 38.6 Å². The third-order valence-corrected chi connectivity index (χ3v) is 6.25. The van der Waals surface area contributed by atoms with Gasteiger partial charge in [0.15, 0.2) is 5.13 Å². The predicted octanol–water partition coefficient (Wildman–Crippen LogP) is 2.80. The van der Waals surface area contributed by atoms with Crippen LogP contribution in [0.2, 0.25) is 0 Å². The van der Waals surface area contributed by atoms with E-state index in [1.807, 2.05) is 32.0 Å². The number of fused-ring (bicyclic) bond motifs is 1. The minimum Gasteiger partial charge on any atom is -0.394 e. The molecule has 10 heteroatoms. The van der Waals surface area contributed by atoms with E-state index in [0.29, 0.717) is 23.4 Å². The Hall–Kier alpha value is -2.40. The van der Waals surface area contributed by atoms with Gasteiger partial charge in [-0.05, 0) is 51.7 Å². The number of aliphatic hydroxyl groups is 2. The van der Waals surface area contributed by atoms with E-state index in [9.17, 15) is 10.2 Å². The third-order valence-electron chi connectivity index (χ3n) is 5.35. The fourth-order valence-corrected chi connectivity index (χ4v) is 4.25. The quantitative estimate of drug-likeness (QED) is 0.357. The molecule has 0 spiro atoms. The van der Waals surface area contributed by atoms with E-state index in [0.717, 1.165) is 41.7 Å². The van der Waals surface area contributed by atoms with Crippen LogP contribution in [0.5, 0.6) is 0 Å². The van der Waals surface area contributed by atoms with Crippen molar-refractivity contribution in [2.75, 3.05) is 17.2 Å². The molecule has 0 atom stereocenters. The molecule has 0 aliphatic heterocycles. The van der Waals surface area contributed by atoms with Crippen LogP contribution in [0.4, 0.5) is 16.9 Å². The maximum absolute atomic E-state index is 9.77. The lowest BCUT2D eigenvalue weighted by molar-refractivity contribution is 0.126. The number of anilines is 3. The van der Waals surface area contributed by atoms with Gasteiger partial charge in [-0.2, -0.15) is 4.98 Å². The molecule has 4 rings (SSSR count). The van der Waals surface area contributed by atoms with Crippen LogP contribution in [0.25, 0.3) is 10.3 Å². The zero-order chi connectivity index (χ0) is 21.8.